The van der Waals surface area contributed by atoms with Crippen LogP contribution in [0.1, 0.15) is 55.8 Å². The first-order valence-corrected chi connectivity index (χ1v) is 10.6. The van der Waals surface area contributed by atoms with E-state index in [2.05, 4.69) is 29.0 Å². The first kappa shape index (κ1) is 20.4. The molecule has 1 atom stereocenters. The number of likely N-dealkylation sites (tertiary alicyclic amines) is 1. The second kappa shape index (κ2) is 9.27. The number of rotatable bonds is 7. The number of hydrogen-bond donors (Lipinski definition) is 0. The van der Waals surface area contributed by atoms with Gasteiger partial charge in [0, 0.05) is 50.8 Å². The smallest absolute Gasteiger partial charge is 0.273 e. The molecule has 0 aromatic carbocycles. The summed E-state index contributed by atoms with van der Waals surface area (Å²) in [6.07, 6.45) is 3.04. The topological polar surface area (TPSA) is 92.4 Å². The lowest BCUT2D eigenvalue weighted by atomic mass is 10.0. The highest BCUT2D eigenvalue weighted by molar-refractivity contribution is 7.07. The van der Waals surface area contributed by atoms with Gasteiger partial charge in [-0.15, -0.1) is 11.3 Å². The molecule has 2 aromatic heterocycles. The molecule has 3 rings (SSSR count). The molecular weight excluding hydrogens is 378 g/mol. The van der Waals surface area contributed by atoms with E-state index in [0.29, 0.717) is 49.4 Å². The van der Waals surface area contributed by atoms with Gasteiger partial charge in [-0.05, 0) is 18.8 Å². The maximum Gasteiger partial charge on any atom is 0.273 e. The van der Waals surface area contributed by atoms with Gasteiger partial charge in [-0.25, -0.2) is 4.98 Å². The van der Waals surface area contributed by atoms with Crippen LogP contribution in [0.2, 0.25) is 0 Å². The molecule has 0 bridgehead atoms. The molecular formula is C19H27N5O3S. The lowest BCUT2D eigenvalue weighted by Crippen LogP contribution is -2.51. The fraction of sp³-hybridized carbons (Fsp3) is 0.632. The van der Waals surface area contributed by atoms with Crippen LogP contribution in [-0.4, -0.2) is 62.4 Å². The molecule has 9 heteroatoms. The average molecular weight is 406 g/mol. The number of hydrogen-bond acceptors (Lipinski definition) is 7. The molecule has 152 valence electrons. The minimum Gasteiger partial charge on any atom is -0.339 e. The van der Waals surface area contributed by atoms with Crippen LogP contribution in [0.4, 0.5) is 0 Å². The highest BCUT2D eigenvalue weighted by atomic mass is 32.1. The van der Waals surface area contributed by atoms with Gasteiger partial charge in [0.25, 0.3) is 5.91 Å². The molecule has 0 aliphatic carbocycles. The molecule has 0 N–H and O–H groups in total. The third-order valence-electron chi connectivity index (χ3n) is 4.85. The zero-order chi connectivity index (χ0) is 20.1. The summed E-state index contributed by atoms with van der Waals surface area (Å²) < 4.78 is 5.28. The Morgan fingerprint density at radius 3 is 2.93 bits per heavy atom. The van der Waals surface area contributed by atoms with Gasteiger partial charge in [-0.3, -0.25) is 9.59 Å². The Kier molecular flexibility index (Phi) is 6.77. The second-order valence-corrected chi connectivity index (χ2v) is 8.30. The van der Waals surface area contributed by atoms with E-state index in [4.69, 9.17) is 4.52 Å². The molecule has 0 spiro atoms. The van der Waals surface area contributed by atoms with E-state index in [1.54, 1.807) is 22.7 Å². The SMILES string of the molecule is CC(=O)N(CCc1noc(CC(C)C)n1)C1CCCN(C(=O)c2cscn2)C1. The number of thiazole rings is 1. The molecule has 1 aliphatic rings. The number of nitrogens with zero attached hydrogens (tertiary/aromatic N) is 5. The summed E-state index contributed by atoms with van der Waals surface area (Å²) in [5, 5.41) is 5.79. The van der Waals surface area contributed by atoms with E-state index in [9.17, 15) is 9.59 Å². The molecule has 1 aliphatic heterocycles. The van der Waals surface area contributed by atoms with Crippen molar-refractivity contribution in [1.82, 2.24) is 24.9 Å². The number of aromatic nitrogens is 3. The molecule has 3 heterocycles. The standard InChI is InChI=1S/C19H27N5O3S/c1-13(2)9-18-21-17(22-27-18)6-8-24(14(3)25)15-5-4-7-23(10-15)19(26)16-11-28-12-20-16/h11-13,15H,4-10H2,1-3H3. The maximum atomic E-state index is 12.6. The van der Waals surface area contributed by atoms with Gasteiger partial charge >= 0.3 is 0 Å². The molecule has 1 saturated heterocycles. The van der Waals surface area contributed by atoms with Gasteiger partial charge in [0.15, 0.2) is 5.82 Å². The summed E-state index contributed by atoms with van der Waals surface area (Å²) in [6, 6.07) is -0.00382. The predicted octanol–water partition coefficient (Wildman–Crippen LogP) is 2.42. The third kappa shape index (κ3) is 5.15. The number of piperidine rings is 1. The first-order valence-electron chi connectivity index (χ1n) is 9.70. The lowest BCUT2D eigenvalue weighted by molar-refractivity contribution is -0.132. The van der Waals surface area contributed by atoms with Crippen molar-refractivity contribution in [3.05, 3.63) is 28.3 Å². The van der Waals surface area contributed by atoms with Crippen molar-refractivity contribution in [2.45, 2.75) is 52.5 Å². The fourth-order valence-electron chi connectivity index (χ4n) is 3.52. The van der Waals surface area contributed by atoms with Gasteiger partial charge < -0.3 is 14.3 Å². The molecule has 8 nitrogen and oxygen atoms in total. The largest absolute Gasteiger partial charge is 0.339 e. The van der Waals surface area contributed by atoms with E-state index in [1.807, 2.05) is 4.90 Å². The van der Waals surface area contributed by atoms with Crippen molar-refractivity contribution in [3.63, 3.8) is 0 Å². The molecule has 28 heavy (non-hydrogen) atoms. The summed E-state index contributed by atoms with van der Waals surface area (Å²) in [6.45, 7) is 7.51. The Hall–Kier alpha value is -2.29. The predicted molar refractivity (Wildman–Crippen MR) is 105 cm³/mol. The lowest BCUT2D eigenvalue weighted by Gasteiger charge is -2.38. The zero-order valence-corrected chi connectivity index (χ0v) is 17.4. The number of amides is 2. The highest BCUT2D eigenvalue weighted by Crippen LogP contribution is 2.19. The Morgan fingerprint density at radius 2 is 2.25 bits per heavy atom. The quantitative estimate of drug-likeness (QED) is 0.702. The monoisotopic (exact) mass is 405 g/mol. The van der Waals surface area contributed by atoms with Crippen LogP contribution in [0.5, 0.6) is 0 Å². The fourth-order valence-corrected chi connectivity index (χ4v) is 4.04. The molecule has 2 amide bonds. The molecule has 1 unspecified atom stereocenters. The van der Waals surface area contributed by atoms with Gasteiger partial charge in [0.1, 0.15) is 5.69 Å². The highest BCUT2D eigenvalue weighted by Gasteiger charge is 2.30. The van der Waals surface area contributed by atoms with Crippen LogP contribution in [0, 0.1) is 5.92 Å². The maximum absolute atomic E-state index is 12.6. The number of carbonyl (C=O) groups excluding carboxylic acids is 2. The number of carbonyl (C=O) groups is 2. The van der Waals surface area contributed by atoms with Gasteiger partial charge in [-0.1, -0.05) is 19.0 Å². The first-order chi connectivity index (χ1) is 13.4. The van der Waals surface area contributed by atoms with Crippen LogP contribution >= 0.6 is 11.3 Å². The van der Waals surface area contributed by atoms with Crippen LogP contribution < -0.4 is 0 Å². The van der Waals surface area contributed by atoms with Crippen LogP contribution in [0.25, 0.3) is 0 Å². The normalized spacial score (nSPS) is 17.1. The van der Waals surface area contributed by atoms with Gasteiger partial charge in [-0.2, -0.15) is 4.98 Å². The summed E-state index contributed by atoms with van der Waals surface area (Å²) >= 11 is 1.41. The summed E-state index contributed by atoms with van der Waals surface area (Å²) in [5.74, 6) is 1.64. The van der Waals surface area contributed by atoms with Crippen molar-refractivity contribution >= 4 is 23.2 Å². The van der Waals surface area contributed by atoms with Crippen molar-refractivity contribution in [2.24, 2.45) is 5.92 Å². The van der Waals surface area contributed by atoms with E-state index in [0.717, 1.165) is 19.3 Å². The van der Waals surface area contributed by atoms with E-state index in [-0.39, 0.29) is 17.9 Å². The van der Waals surface area contributed by atoms with Crippen molar-refractivity contribution < 1.29 is 14.1 Å². The Bertz CT molecular complexity index is 789. The third-order valence-corrected chi connectivity index (χ3v) is 5.44. The second-order valence-electron chi connectivity index (χ2n) is 7.59. The van der Waals surface area contributed by atoms with Crippen LogP contribution in [-0.2, 0) is 17.6 Å². The Balaban J connectivity index is 1.60. The van der Waals surface area contributed by atoms with Gasteiger partial charge in [0.05, 0.1) is 5.51 Å². The van der Waals surface area contributed by atoms with Crippen molar-refractivity contribution in [3.8, 4) is 0 Å². The Morgan fingerprint density at radius 1 is 1.43 bits per heavy atom. The zero-order valence-electron chi connectivity index (χ0n) is 16.6. The molecule has 1 fully saturated rings. The Labute approximate surface area is 168 Å². The minimum atomic E-state index is -0.0639. The van der Waals surface area contributed by atoms with Crippen LogP contribution in [0.15, 0.2) is 15.4 Å². The van der Waals surface area contributed by atoms with Crippen molar-refractivity contribution in [2.75, 3.05) is 19.6 Å². The molecule has 2 aromatic rings. The summed E-state index contributed by atoms with van der Waals surface area (Å²) in [4.78, 5) is 37.0. The summed E-state index contributed by atoms with van der Waals surface area (Å²) in [7, 11) is 0. The van der Waals surface area contributed by atoms with Crippen LogP contribution in [0.3, 0.4) is 0 Å². The molecule has 0 saturated carbocycles. The van der Waals surface area contributed by atoms with E-state index in [1.165, 1.54) is 11.3 Å². The van der Waals surface area contributed by atoms with E-state index < -0.39 is 0 Å². The van der Waals surface area contributed by atoms with Crippen molar-refractivity contribution in [1.29, 1.82) is 0 Å². The van der Waals surface area contributed by atoms with E-state index >= 15 is 0 Å². The van der Waals surface area contributed by atoms with Gasteiger partial charge in [0.2, 0.25) is 11.8 Å². The summed E-state index contributed by atoms with van der Waals surface area (Å²) in [5.41, 5.74) is 2.14. The minimum absolute atomic E-state index is 0.00106. The molecule has 0 radical (unpaired) electrons. The average Bonchev–Trinajstić information content (AvgIpc) is 3.33.